The molecule has 2 aliphatic rings. The summed E-state index contributed by atoms with van der Waals surface area (Å²) in [5.74, 6) is 1.44. The van der Waals surface area contributed by atoms with Crippen LogP contribution in [0.15, 0.2) is 18.6 Å². The molecular formula is C14H20N4O. The van der Waals surface area contributed by atoms with Gasteiger partial charge in [-0.3, -0.25) is 9.78 Å². The van der Waals surface area contributed by atoms with E-state index in [1.165, 1.54) is 12.8 Å². The van der Waals surface area contributed by atoms with E-state index in [9.17, 15) is 4.79 Å². The predicted octanol–water partition coefficient (Wildman–Crippen LogP) is 1.68. The molecule has 1 aromatic rings. The van der Waals surface area contributed by atoms with Gasteiger partial charge in [-0.25, -0.2) is 4.98 Å². The van der Waals surface area contributed by atoms with Crippen molar-refractivity contribution in [3.8, 4) is 0 Å². The van der Waals surface area contributed by atoms with Crippen LogP contribution in [-0.4, -0.2) is 39.9 Å². The fourth-order valence-electron chi connectivity index (χ4n) is 3.09. The maximum Gasteiger partial charge on any atom is 0.225 e. The Bertz CT molecular complexity index is 430. The van der Waals surface area contributed by atoms with E-state index in [-0.39, 0.29) is 5.92 Å². The van der Waals surface area contributed by atoms with Crippen molar-refractivity contribution >= 4 is 11.7 Å². The lowest BCUT2D eigenvalue weighted by molar-refractivity contribution is -0.134. The number of nitrogens with zero attached hydrogens (tertiary/aromatic N) is 3. The van der Waals surface area contributed by atoms with E-state index in [2.05, 4.69) is 15.3 Å². The van der Waals surface area contributed by atoms with Gasteiger partial charge in [0.05, 0.1) is 6.20 Å². The summed E-state index contributed by atoms with van der Waals surface area (Å²) in [6.45, 7) is 1.67. The minimum atomic E-state index is 0.287. The molecule has 0 spiro atoms. The van der Waals surface area contributed by atoms with Gasteiger partial charge in [0.15, 0.2) is 0 Å². The molecule has 1 saturated carbocycles. The van der Waals surface area contributed by atoms with Gasteiger partial charge < -0.3 is 10.2 Å². The van der Waals surface area contributed by atoms with Gasteiger partial charge in [0, 0.05) is 37.4 Å². The van der Waals surface area contributed by atoms with E-state index in [0.29, 0.717) is 11.9 Å². The van der Waals surface area contributed by atoms with Gasteiger partial charge in [0.2, 0.25) is 5.91 Å². The topological polar surface area (TPSA) is 58.1 Å². The molecule has 1 aromatic heterocycles. The van der Waals surface area contributed by atoms with E-state index in [1.54, 1.807) is 18.6 Å². The Morgan fingerprint density at radius 2 is 2.11 bits per heavy atom. The van der Waals surface area contributed by atoms with Crippen molar-refractivity contribution in [2.24, 2.45) is 5.92 Å². The highest BCUT2D eigenvalue weighted by Gasteiger charge is 2.32. The van der Waals surface area contributed by atoms with Crippen molar-refractivity contribution in [3.05, 3.63) is 18.6 Å². The number of hydrogen-bond donors (Lipinski definition) is 1. The summed E-state index contributed by atoms with van der Waals surface area (Å²) < 4.78 is 0. The largest absolute Gasteiger partial charge is 0.364 e. The second-order valence-corrected chi connectivity index (χ2v) is 5.49. The zero-order valence-electron chi connectivity index (χ0n) is 11.1. The van der Waals surface area contributed by atoms with E-state index >= 15 is 0 Å². The Morgan fingerprint density at radius 3 is 2.84 bits per heavy atom. The van der Waals surface area contributed by atoms with Crippen LogP contribution in [0, 0.1) is 5.92 Å². The van der Waals surface area contributed by atoms with Crippen LogP contribution >= 0.6 is 0 Å². The Kier molecular flexibility index (Phi) is 3.62. The zero-order chi connectivity index (χ0) is 13.1. The van der Waals surface area contributed by atoms with Gasteiger partial charge >= 0.3 is 0 Å². The molecule has 1 saturated heterocycles. The Morgan fingerprint density at radius 1 is 1.26 bits per heavy atom. The minimum absolute atomic E-state index is 0.287. The standard InChI is InChI=1S/C14H20N4O/c19-14(11-3-1-2-4-11)18-8-5-12(10-18)17-13-9-15-6-7-16-13/h6-7,9,11-12H,1-5,8,10H2,(H,16,17). The summed E-state index contributed by atoms with van der Waals surface area (Å²) in [6, 6.07) is 0.307. The van der Waals surface area contributed by atoms with Crippen LogP contribution in [0.1, 0.15) is 32.1 Å². The Balaban J connectivity index is 1.53. The first-order valence-electron chi connectivity index (χ1n) is 7.14. The molecule has 1 atom stereocenters. The van der Waals surface area contributed by atoms with Crippen molar-refractivity contribution in [1.82, 2.24) is 14.9 Å². The maximum atomic E-state index is 12.3. The van der Waals surface area contributed by atoms with Crippen LogP contribution in [0.2, 0.25) is 0 Å². The molecule has 19 heavy (non-hydrogen) atoms. The molecule has 1 unspecified atom stereocenters. The van der Waals surface area contributed by atoms with Crippen LogP contribution in [0.5, 0.6) is 0 Å². The highest BCUT2D eigenvalue weighted by Crippen LogP contribution is 2.28. The second-order valence-electron chi connectivity index (χ2n) is 5.49. The number of carbonyl (C=O) groups excluding carboxylic acids is 1. The number of amides is 1. The van der Waals surface area contributed by atoms with Crippen molar-refractivity contribution < 1.29 is 4.79 Å². The lowest BCUT2D eigenvalue weighted by Crippen LogP contribution is -2.35. The molecule has 102 valence electrons. The highest BCUT2D eigenvalue weighted by molar-refractivity contribution is 5.79. The Labute approximate surface area is 113 Å². The summed E-state index contributed by atoms with van der Waals surface area (Å²) in [5, 5.41) is 3.35. The fraction of sp³-hybridized carbons (Fsp3) is 0.643. The van der Waals surface area contributed by atoms with Gasteiger partial charge in [-0.2, -0.15) is 0 Å². The second kappa shape index (κ2) is 5.55. The fourth-order valence-corrected chi connectivity index (χ4v) is 3.09. The maximum absolute atomic E-state index is 12.3. The normalized spacial score (nSPS) is 23.8. The molecule has 1 amide bonds. The number of likely N-dealkylation sites (tertiary alicyclic amines) is 1. The van der Waals surface area contributed by atoms with E-state index < -0.39 is 0 Å². The smallest absolute Gasteiger partial charge is 0.225 e. The molecule has 0 bridgehead atoms. The molecule has 1 aliphatic carbocycles. The first-order valence-corrected chi connectivity index (χ1v) is 7.14. The van der Waals surface area contributed by atoms with E-state index in [4.69, 9.17) is 0 Å². The lowest BCUT2D eigenvalue weighted by atomic mass is 10.1. The van der Waals surface area contributed by atoms with Gasteiger partial charge in [-0.15, -0.1) is 0 Å². The molecule has 1 N–H and O–H groups in total. The molecule has 0 radical (unpaired) electrons. The van der Waals surface area contributed by atoms with Crippen LogP contribution in [0.25, 0.3) is 0 Å². The Hall–Kier alpha value is -1.65. The number of hydrogen-bond acceptors (Lipinski definition) is 4. The van der Waals surface area contributed by atoms with Crippen molar-refractivity contribution in [3.63, 3.8) is 0 Å². The highest BCUT2D eigenvalue weighted by atomic mass is 16.2. The molecule has 5 heteroatoms. The molecule has 2 fully saturated rings. The number of carbonyl (C=O) groups is 1. The molecule has 2 heterocycles. The van der Waals surface area contributed by atoms with Crippen molar-refractivity contribution in [1.29, 1.82) is 0 Å². The summed E-state index contributed by atoms with van der Waals surface area (Å²) in [4.78, 5) is 22.6. The van der Waals surface area contributed by atoms with E-state index in [0.717, 1.165) is 38.2 Å². The third-order valence-electron chi connectivity index (χ3n) is 4.12. The summed E-state index contributed by atoms with van der Waals surface area (Å²) in [6.07, 6.45) is 10.7. The third-order valence-corrected chi connectivity index (χ3v) is 4.12. The predicted molar refractivity (Wildman–Crippen MR) is 72.6 cm³/mol. The summed E-state index contributed by atoms with van der Waals surface area (Å²) >= 11 is 0. The molecular weight excluding hydrogens is 240 g/mol. The zero-order valence-corrected chi connectivity index (χ0v) is 11.1. The van der Waals surface area contributed by atoms with Gasteiger partial charge in [-0.05, 0) is 19.3 Å². The van der Waals surface area contributed by atoms with Gasteiger partial charge in [0.1, 0.15) is 5.82 Å². The van der Waals surface area contributed by atoms with E-state index in [1.807, 2.05) is 4.90 Å². The number of anilines is 1. The minimum Gasteiger partial charge on any atom is -0.364 e. The van der Waals surface area contributed by atoms with Crippen molar-refractivity contribution in [2.45, 2.75) is 38.1 Å². The van der Waals surface area contributed by atoms with Crippen molar-refractivity contribution in [2.75, 3.05) is 18.4 Å². The van der Waals surface area contributed by atoms with Crippen LogP contribution in [0.3, 0.4) is 0 Å². The average Bonchev–Trinajstić information content (AvgIpc) is 3.10. The quantitative estimate of drug-likeness (QED) is 0.898. The first kappa shape index (κ1) is 12.4. The van der Waals surface area contributed by atoms with Crippen LogP contribution in [-0.2, 0) is 4.79 Å². The SMILES string of the molecule is O=C(C1CCCC1)N1CCC(Nc2cnccn2)C1. The molecule has 5 nitrogen and oxygen atoms in total. The monoisotopic (exact) mass is 260 g/mol. The lowest BCUT2D eigenvalue weighted by Gasteiger charge is -2.20. The first-order chi connectivity index (χ1) is 9.33. The number of nitrogens with one attached hydrogen (secondary N) is 1. The third kappa shape index (κ3) is 2.85. The average molecular weight is 260 g/mol. The number of aromatic nitrogens is 2. The summed E-state index contributed by atoms with van der Waals surface area (Å²) in [7, 11) is 0. The number of rotatable bonds is 3. The van der Waals surface area contributed by atoms with Gasteiger partial charge in [0.25, 0.3) is 0 Å². The molecule has 0 aromatic carbocycles. The molecule has 3 rings (SSSR count). The molecule has 1 aliphatic heterocycles. The van der Waals surface area contributed by atoms with Crippen LogP contribution < -0.4 is 5.32 Å². The van der Waals surface area contributed by atoms with Crippen LogP contribution in [0.4, 0.5) is 5.82 Å². The summed E-state index contributed by atoms with van der Waals surface area (Å²) in [5.41, 5.74) is 0. The van der Waals surface area contributed by atoms with Gasteiger partial charge in [-0.1, -0.05) is 12.8 Å².